The van der Waals surface area contributed by atoms with Gasteiger partial charge in [0, 0.05) is 29.8 Å². The minimum atomic E-state index is -1.15. The zero-order valence-electron chi connectivity index (χ0n) is 23.5. The lowest BCUT2D eigenvalue weighted by atomic mass is 9.73. The first-order chi connectivity index (χ1) is 19.3. The monoisotopic (exact) mass is 568 g/mol. The minimum absolute atomic E-state index is 0.0650. The van der Waals surface area contributed by atoms with Crippen molar-refractivity contribution in [3.8, 4) is 0 Å². The predicted molar refractivity (Wildman–Crippen MR) is 154 cm³/mol. The van der Waals surface area contributed by atoms with Crippen molar-refractivity contribution in [1.82, 2.24) is 15.1 Å². The second-order valence-electron chi connectivity index (χ2n) is 12.5. The fourth-order valence-electron chi connectivity index (χ4n) is 7.78. The van der Waals surface area contributed by atoms with Crippen LogP contribution in [0.5, 0.6) is 0 Å². The number of nitrogens with one attached hydrogen (secondary N) is 2. The molecule has 6 rings (SSSR count). The number of hydrogen-bond donors (Lipinski definition) is 2. The molecule has 2 bridgehead atoms. The molecule has 4 fully saturated rings. The van der Waals surface area contributed by atoms with Gasteiger partial charge in [-0.1, -0.05) is 62.9 Å². The molecular formula is C31H41ClN4O4. The first-order valence-corrected chi connectivity index (χ1v) is 15.4. The smallest absolute Gasteiger partial charge is 0.246 e. The minimum Gasteiger partial charge on any atom is -0.359 e. The molecule has 216 valence electrons. The van der Waals surface area contributed by atoms with Crippen LogP contribution in [-0.2, 0) is 19.1 Å². The highest BCUT2D eigenvalue weighted by molar-refractivity contribution is 6.30. The quantitative estimate of drug-likeness (QED) is 0.488. The average molecular weight is 569 g/mol. The summed E-state index contributed by atoms with van der Waals surface area (Å²) in [5.41, 5.74) is -0.575. The molecule has 1 saturated carbocycles. The van der Waals surface area contributed by atoms with Crippen LogP contribution in [0.15, 0.2) is 36.4 Å². The lowest BCUT2D eigenvalue weighted by Crippen LogP contribution is -2.58. The van der Waals surface area contributed by atoms with Crippen LogP contribution in [0.2, 0.25) is 5.02 Å². The van der Waals surface area contributed by atoms with Crippen LogP contribution < -0.4 is 10.6 Å². The van der Waals surface area contributed by atoms with Crippen molar-refractivity contribution in [3.05, 3.63) is 41.4 Å². The van der Waals surface area contributed by atoms with E-state index in [1.807, 2.05) is 12.2 Å². The number of fused-ring (bicyclic) bond motifs is 1. The highest BCUT2D eigenvalue weighted by atomic mass is 35.5. The Kier molecular flexibility index (Phi) is 7.70. The van der Waals surface area contributed by atoms with Gasteiger partial charge >= 0.3 is 0 Å². The van der Waals surface area contributed by atoms with Crippen LogP contribution in [0.3, 0.4) is 0 Å². The van der Waals surface area contributed by atoms with Crippen molar-refractivity contribution in [2.45, 2.75) is 76.2 Å². The standard InChI is InChI=1S/C31H41ClN4O4/c1-19-8-6-11-23(20(19)2)34-29(38)27-31-13-12-24(40-31)25(28(37)33-22-10-7-9-21(32)18-22)26(31)30(39)36(27)17-16-35-14-4-3-5-15-35/h7,9-10,12-13,18-20,23-27H,3-6,8,11,14-17H2,1-2H3,(H,33,37)(H,34,38)/t19?,20?,23?,24-,25?,26-,27?,31?/m0/s1. The van der Waals surface area contributed by atoms with Crippen LogP contribution >= 0.6 is 11.6 Å². The highest BCUT2D eigenvalue weighted by Crippen LogP contribution is 2.55. The predicted octanol–water partition coefficient (Wildman–Crippen LogP) is 3.86. The molecule has 1 aliphatic carbocycles. The molecule has 2 N–H and O–H groups in total. The van der Waals surface area contributed by atoms with E-state index in [9.17, 15) is 14.4 Å². The summed E-state index contributed by atoms with van der Waals surface area (Å²) in [6.45, 7) is 7.62. The number of halogens is 1. The summed E-state index contributed by atoms with van der Waals surface area (Å²) < 4.78 is 6.51. The van der Waals surface area contributed by atoms with Gasteiger partial charge in [-0.2, -0.15) is 0 Å². The van der Waals surface area contributed by atoms with E-state index in [1.54, 1.807) is 29.2 Å². The van der Waals surface area contributed by atoms with E-state index in [2.05, 4.69) is 29.4 Å². The van der Waals surface area contributed by atoms with Crippen molar-refractivity contribution >= 4 is 35.0 Å². The number of rotatable bonds is 7. The number of ether oxygens (including phenoxy) is 1. The summed E-state index contributed by atoms with van der Waals surface area (Å²) in [6, 6.07) is 6.23. The molecule has 1 aromatic carbocycles. The zero-order chi connectivity index (χ0) is 28.0. The van der Waals surface area contributed by atoms with Crippen molar-refractivity contribution in [2.75, 3.05) is 31.5 Å². The van der Waals surface area contributed by atoms with E-state index in [-0.39, 0.29) is 23.8 Å². The van der Waals surface area contributed by atoms with E-state index in [1.165, 1.54) is 12.8 Å². The fraction of sp³-hybridized carbons (Fsp3) is 0.645. The molecule has 1 aromatic rings. The lowest BCUT2D eigenvalue weighted by molar-refractivity contribution is -0.142. The highest BCUT2D eigenvalue weighted by Gasteiger charge is 2.72. The zero-order valence-corrected chi connectivity index (χ0v) is 24.2. The number of nitrogens with zero attached hydrogens (tertiary/aromatic N) is 2. The van der Waals surface area contributed by atoms with Crippen molar-refractivity contribution in [2.24, 2.45) is 23.7 Å². The Hall–Kier alpha value is -2.42. The van der Waals surface area contributed by atoms with Gasteiger partial charge in [0.15, 0.2) is 0 Å². The van der Waals surface area contributed by atoms with E-state index in [0.717, 1.165) is 38.8 Å². The van der Waals surface area contributed by atoms with Gasteiger partial charge in [0.2, 0.25) is 17.7 Å². The molecule has 0 radical (unpaired) electrons. The SMILES string of the molecule is CC1CCCC(NC(=O)C2N(CCN3CCCCC3)C(=O)[C@@H]3C(C(=O)Nc4cccc(Cl)c4)[C@@H]4C=CC23O4)C1C. The third-order valence-corrected chi connectivity index (χ3v) is 10.4. The molecule has 0 aromatic heterocycles. The average Bonchev–Trinajstić information content (AvgIpc) is 3.58. The second kappa shape index (κ2) is 11.1. The van der Waals surface area contributed by atoms with Crippen LogP contribution in [0.4, 0.5) is 5.69 Å². The third kappa shape index (κ3) is 4.86. The summed E-state index contributed by atoms with van der Waals surface area (Å²) in [6.07, 6.45) is 9.93. The molecule has 3 amide bonds. The van der Waals surface area contributed by atoms with Crippen LogP contribution in [0.1, 0.15) is 52.4 Å². The Balaban J connectivity index is 1.27. The van der Waals surface area contributed by atoms with E-state index in [4.69, 9.17) is 16.3 Å². The Bertz CT molecular complexity index is 1190. The molecule has 40 heavy (non-hydrogen) atoms. The van der Waals surface area contributed by atoms with Gasteiger partial charge in [-0.15, -0.1) is 0 Å². The number of carbonyl (C=O) groups is 3. The molecule has 8 atom stereocenters. The maximum atomic E-state index is 14.2. The van der Waals surface area contributed by atoms with Crippen LogP contribution in [0.25, 0.3) is 0 Å². The van der Waals surface area contributed by atoms with Crippen molar-refractivity contribution < 1.29 is 19.1 Å². The third-order valence-electron chi connectivity index (χ3n) is 10.2. The Morgan fingerprint density at radius 3 is 2.65 bits per heavy atom. The number of anilines is 1. The Morgan fingerprint density at radius 2 is 1.88 bits per heavy atom. The Labute approximate surface area is 241 Å². The van der Waals surface area contributed by atoms with Gasteiger partial charge in [0.25, 0.3) is 0 Å². The number of hydrogen-bond acceptors (Lipinski definition) is 5. The maximum Gasteiger partial charge on any atom is 0.246 e. The normalized spacial score (nSPS) is 37.0. The van der Waals surface area contributed by atoms with Gasteiger partial charge in [0.1, 0.15) is 11.6 Å². The number of likely N-dealkylation sites (tertiary alicyclic amines) is 2. The van der Waals surface area contributed by atoms with E-state index in [0.29, 0.717) is 35.6 Å². The Morgan fingerprint density at radius 1 is 1.07 bits per heavy atom. The molecule has 8 nitrogen and oxygen atoms in total. The van der Waals surface area contributed by atoms with E-state index < -0.39 is 29.6 Å². The second-order valence-corrected chi connectivity index (χ2v) is 13.0. The summed E-state index contributed by atoms with van der Waals surface area (Å²) in [7, 11) is 0. The first kappa shape index (κ1) is 27.7. The number of carbonyl (C=O) groups excluding carboxylic acids is 3. The fourth-order valence-corrected chi connectivity index (χ4v) is 7.97. The van der Waals surface area contributed by atoms with Crippen LogP contribution in [-0.4, -0.2) is 77.5 Å². The molecular weight excluding hydrogens is 528 g/mol. The maximum absolute atomic E-state index is 14.2. The summed E-state index contributed by atoms with van der Waals surface area (Å²) in [5.74, 6) is -1.20. The number of amides is 3. The van der Waals surface area contributed by atoms with Crippen molar-refractivity contribution in [3.63, 3.8) is 0 Å². The van der Waals surface area contributed by atoms with Gasteiger partial charge in [-0.3, -0.25) is 14.4 Å². The van der Waals surface area contributed by atoms with Gasteiger partial charge < -0.3 is 25.2 Å². The van der Waals surface area contributed by atoms with E-state index >= 15 is 0 Å². The summed E-state index contributed by atoms with van der Waals surface area (Å²) in [5, 5.41) is 6.79. The van der Waals surface area contributed by atoms with Crippen LogP contribution in [0, 0.1) is 23.7 Å². The molecule has 3 saturated heterocycles. The topological polar surface area (TPSA) is 91.0 Å². The largest absolute Gasteiger partial charge is 0.359 e. The molecule has 6 unspecified atom stereocenters. The van der Waals surface area contributed by atoms with Gasteiger partial charge in [-0.05, 0) is 62.4 Å². The molecule has 5 aliphatic rings. The number of piperidine rings is 1. The summed E-state index contributed by atoms with van der Waals surface area (Å²) in [4.78, 5) is 46.1. The molecule has 4 aliphatic heterocycles. The lowest BCUT2D eigenvalue weighted by Gasteiger charge is -2.38. The summed E-state index contributed by atoms with van der Waals surface area (Å²) >= 11 is 6.14. The molecule has 9 heteroatoms. The van der Waals surface area contributed by atoms with Gasteiger partial charge in [-0.25, -0.2) is 0 Å². The molecule has 4 heterocycles. The van der Waals surface area contributed by atoms with Crippen molar-refractivity contribution in [1.29, 1.82) is 0 Å². The first-order valence-electron chi connectivity index (χ1n) is 15.1. The molecule has 1 spiro atoms. The number of benzene rings is 1. The van der Waals surface area contributed by atoms with Gasteiger partial charge in [0.05, 0.1) is 17.9 Å².